The minimum absolute atomic E-state index is 0.0777. The summed E-state index contributed by atoms with van der Waals surface area (Å²) in [6, 6.07) is -0.275. The van der Waals surface area contributed by atoms with Crippen molar-refractivity contribution in [2.24, 2.45) is 5.92 Å². The van der Waals surface area contributed by atoms with Crippen molar-refractivity contribution in [2.75, 3.05) is 11.9 Å². The number of amides is 2. The molecule has 2 unspecified atom stereocenters. The molecular formula is C13H20N4O3. The topological polar surface area (TPSA) is 87.5 Å². The fraction of sp³-hybridized carbons (Fsp3) is 0.615. The number of likely N-dealkylation sites (tertiary alicyclic amines) is 1. The highest BCUT2D eigenvalue weighted by Gasteiger charge is 2.32. The number of nitrogens with zero attached hydrogens (tertiary/aromatic N) is 3. The van der Waals surface area contributed by atoms with E-state index >= 15 is 0 Å². The van der Waals surface area contributed by atoms with E-state index in [0.29, 0.717) is 25.1 Å². The van der Waals surface area contributed by atoms with Crippen molar-refractivity contribution in [3.8, 4) is 0 Å². The molecule has 0 saturated carbocycles. The third-order valence-electron chi connectivity index (χ3n) is 3.69. The number of carboxylic acids is 1. The quantitative estimate of drug-likeness (QED) is 0.880. The summed E-state index contributed by atoms with van der Waals surface area (Å²) in [6.45, 7) is 5.06. The largest absolute Gasteiger partial charge is 0.481 e. The first kappa shape index (κ1) is 14.4. The number of nitrogens with one attached hydrogen (secondary N) is 1. The third-order valence-corrected chi connectivity index (χ3v) is 3.69. The monoisotopic (exact) mass is 280 g/mol. The first-order chi connectivity index (χ1) is 9.51. The van der Waals surface area contributed by atoms with Crippen LogP contribution in [0.5, 0.6) is 0 Å². The van der Waals surface area contributed by atoms with Gasteiger partial charge in [0.15, 0.2) is 0 Å². The van der Waals surface area contributed by atoms with Gasteiger partial charge in [0, 0.05) is 25.3 Å². The molecule has 1 aliphatic rings. The number of carbonyl (C=O) groups is 2. The molecule has 2 rings (SSSR count). The second-order valence-corrected chi connectivity index (χ2v) is 5.12. The van der Waals surface area contributed by atoms with Crippen molar-refractivity contribution in [2.45, 2.75) is 39.3 Å². The highest BCUT2D eigenvalue weighted by atomic mass is 16.4. The van der Waals surface area contributed by atoms with Crippen molar-refractivity contribution in [1.82, 2.24) is 14.7 Å². The summed E-state index contributed by atoms with van der Waals surface area (Å²) in [5, 5.41) is 15.9. The van der Waals surface area contributed by atoms with E-state index in [1.165, 1.54) is 0 Å². The molecule has 0 bridgehead atoms. The van der Waals surface area contributed by atoms with Gasteiger partial charge in [-0.1, -0.05) is 0 Å². The Labute approximate surface area is 117 Å². The molecule has 1 saturated heterocycles. The Kier molecular flexibility index (Phi) is 4.26. The maximum absolute atomic E-state index is 12.2. The maximum Gasteiger partial charge on any atom is 0.322 e. The molecule has 1 aromatic heterocycles. The number of urea groups is 1. The molecule has 2 N–H and O–H groups in total. The minimum Gasteiger partial charge on any atom is -0.481 e. The van der Waals surface area contributed by atoms with Gasteiger partial charge in [0.1, 0.15) is 0 Å². The van der Waals surface area contributed by atoms with Gasteiger partial charge in [-0.2, -0.15) is 5.10 Å². The first-order valence-electron chi connectivity index (χ1n) is 6.84. The van der Waals surface area contributed by atoms with Gasteiger partial charge in [-0.3, -0.25) is 9.48 Å². The van der Waals surface area contributed by atoms with Gasteiger partial charge in [0.25, 0.3) is 0 Å². The molecule has 1 aromatic rings. The van der Waals surface area contributed by atoms with E-state index in [2.05, 4.69) is 10.4 Å². The van der Waals surface area contributed by atoms with E-state index in [-0.39, 0.29) is 18.0 Å². The van der Waals surface area contributed by atoms with Gasteiger partial charge >= 0.3 is 12.0 Å². The van der Waals surface area contributed by atoms with Gasteiger partial charge < -0.3 is 15.3 Å². The number of rotatable bonds is 3. The summed E-state index contributed by atoms with van der Waals surface area (Å²) in [7, 11) is 0. The lowest BCUT2D eigenvalue weighted by atomic mass is 9.92. The van der Waals surface area contributed by atoms with E-state index in [0.717, 1.165) is 6.54 Å². The summed E-state index contributed by atoms with van der Waals surface area (Å²) in [4.78, 5) is 24.8. The molecule has 7 heteroatoms. The van der Waals surface area contributed by atoms with Crippen LogP contribution in [-0.4, -0.2) is 44.4 Å². The Hall–Kier alpha value is -2.05. The van der Waals surface area contributed by atoms with Gasteiger partial charge in [-0.25, -0.2) is 4.79 Å². The van der Waals surface area contributed by atoms with Crippen LogP contribution in [0.15, 0.2) is 12.4 Å². The van der Waals surface area contributed by atoms with Crippen LogP contribution in [0.25, 0.3) is 0 Å². The van der Waals surface area contributed by atoms with Gasteiger partial charge in [0.05, 0.1) is 17.8 Å². The molecule has 7 nitrogen and oxygen atoms in total. The fourth-order valence-electron chi connectivity index (χ4n) is 2.49. The van der Waals surface area contributed by atoms with E-state index in [1.54, 1.807) is 22.0 Å². The average Bonchev–Trinajstić information content (AvgIpc) is 2.85. The van der Waals surface area contributed by atoms with Crippen LogP contribution in [0.2, 0.25) is 0 Å². The summed E-state index contributed by atoms with van der Waals surface area (Å²) in [5.41, 5.74) is 0.657. The molecule has 0 aromatic carbocycles. The standard InChI is InChI=1S/C13H20N4O3/c1-3-16-8-11(7-14-16)15-13(20)17-5-4-10(12(18)19)6-9(17)2/h7-10H,3-6H2,1-2H3,(H,15,20)(H,18,19). The molecule has 20 heavy (non-hydrogen) atoms. The van der Waals surface area contributed by atoms with E-state index in [1.807, 2.05) is 13.8 Å². The predicted molar refractivity (Wildman–Crippen MR) is 73.4 cm³/mol. The van der Waals surface area contributed by atoms with Crippen LogP contribution in [0, 0.1) is 5.92 Å². The Morgan fingerprint density at radius 1 is 1.55 bits per heavy atom. The van der Waals surface area contributed by atoms with Gasteiger partial charge in [0.2, 0.25) is 0 Å². The lowest BCUT2D eigenvalue weighted by Gasteiger charge is -2.36. The van der Waals surface area contributed by atoms with Crippen molar-refractivity contribution in [3.63, 3.8) is 0 Å². The number of carboxylic acid groups (broad SMARTS) is 1. The zero-order valence-electron chi connectivity index (χ0n) is 11.7. The number of aromatic nitrogens is 2. The second kappa shape index (κ2) is 5.94. The zero-order valence-corrected chi connectivity index (χ0v) is 11.7. The Balaban J connectivity index is 1.94. The number of hydrogen-bond donors (Lipinski definition) is 2. The zero-order chi connectivity index (χ0) is 14.7. The van der Waals surface area contributed by atoms with Crippen molar-refractivity contribution in [1.29, 1.82) is 0 Å². The van der Waals surface area contributed by atoms with Crippen LogP contribution in [0.3, 0.4) is 0 Å². The van der Waals surface area contributed by atoms with Crippen molar-refractivity contribution >= 4 is 17.7 Å². The minimum atomic E-state index is -0.777. The smallest absolute Gasteiger partial charge is 0.322 e. The molecule has 2 atom stereocenters. The van der Waals surface area contributed by atoms with Crippen LogP contribution in [0.1, 0.15) is 26.7 Å². The number of anilines is 1. The maximum atomic E-state index is 12.2. The summed E-state index contributed by atoms with van der Waals surface area (Å²) < 4.78 is 1.73. The highest BCUT2D eigenvalue weighted by Crippen LogP contribution is 2.23. The van der Waals surface area contributed by atoms with E-state index in [9.17, 15) is 9.59 Å². The van der Waals surface area contributed by atoms with Crippen LogP contribution < -0.4 is 5.32 Å². The summed E-state index contributed by atoms with van der Waals surface area (Å²) in [6.07, 6.45) is 4.38. The molecule has 2 heterocycles. The molecule has 0 radical (unpaired) electrons. The molecular weight excluding hydrogens is 260 g/mol. The summed E-state index contributed by atoms with van der Waals surface area (Å²) >= 11 is 0. The highest BCUT2D eigenvalue weighted by molar-refractivity contribution is 5.89. The number of hydrogen-bond acceptors (Lipinski definition) is 3. The van der Waals surface area contributed by atoms with Crippen LogP contribution in [-0.2, 0) is 11.3 Å². The predicted octanol–water partition coefficient (Wildman–Crippen LogP) is 1.62. The number of piperidine rings is 1. The van der Waals surface area contributed by atoms with Crippen molar-refractivity contribution in [3.05, 3.63) is 12.4 Å². The molecule has 1 fully saturated rings. The number of carbonyl (C=O) groups excluding carboxylic acids is 1. The van der Waals surface area contributed by atoms with E-state index in [4.69, 9.17) is 5.11 Å². The number of aliphatic carboxylic acids is 1. The molecule has 0 spiro atoms. The van der Waals surface area contributed by atoms with Crippen molar-refractivity contribution < 1.29 is 14.7 Å². The average molecular weight is 280 g/mol. The van der Waals surface area contributed by atoms with Crippen LogP contribution >= 0.6 is 0 Å². The normalized spacial score (nSPS) is 22.6. The van der Waals surface area contributed by atoms with Gasteiger partial charge in [-0.05, 0) is 26.7 Å². The van der Waals surface area contributed by atoms with E-state index < -0.39 is 5.97 Å². The number of aryl methyl sites for hydroxylation is 1. The lowest BCUT2D eigenvalue weighted by Crippen LogP contribution is -2.47. The second-order valence-electron chi connectivity index (χ2n) is 5.12. The summed E-state index contributed by atoms with van der Waals surface area (Å²) in [5.74, 6) is -1.13. The first-order valence-corrected chi connectivity index (χ1v) is 6.84. The molecule has 2 amide bonds. The Morgan fingerprint density at radius 3 is 2.85 bits per heavy atom. The Morgan fingerprint density at radius 2 is 2.30 bits per heavy atom. The SMILES string of the molecule is CCn1cc(NC(=O)N2CCC(C(=O)O)CC2C)cn1. The van der Waals surface area contributed by atoms with Gasteiger partial charge in [-0.15, -0.1) is 0 Å². The third kappa shape index (κ3) is 3.09. The lowest BCUT2D eigenvalue weighted by molar-refractivity contribution is -0.143. The Bertz CT molecular complexity index is 500. The van der Waals surface area contributed by atoms with Crippen LogP contribution in [0.4, 0.5) is 10.5 Å². The molecule has 1 aliphatic heterocycles. The molecule has 110 valence electrons. The fourth-order valence-corrected chi connectivity index (χ4v) is 2.49. The molecule has 0 aliphatic carbocycles.